The molecule has 0 fully saturated rings. The molecule has 2 atom stereocenters. The summed E-state index contributed by atoms with van der Waals surface area (Å²) in [6.45, 7) is 6.43. The molecule has 0 amide bonds. The number of carboxylic acids is 1. The Balaban J connectivity index is 1.99. The third-order valence-corrected chi connectivity index (χ3v) is 7.98. The molecule has 2 unspecified atom stereocenters. The summed E-state index contributed by atoms with van der Waals surface area (Å²) in [7, 11) is 4.85. The number of hydrogen-bond acceptors (Lipinski definition) is 17. The van der Waals surface area contributed by atoms with Gasteiger partial charge < -0.3 is 57.2 Å². The van der Waals surface area contributed by atoms with E-state index in [9.17, 15) is 33.9 Å². The van der Waals surface area contributed by atoms with Gasteiger partial charge in [-0.2, -0.15) is 0 Å². The first-order valence-corrected chi connectivity index (χ1v) is 17.5. The van der Waals surface area contributed by atoms with Crippen LogP contribution in [-0.2, 0) is 52.3 Å². The fourth-order valence-electron chi connectivity index (χ4n) is 5.30. The fourth-order valence-corrected chi connectivity index (χ4v) is 5.30. The Hall–Kier alpha value is -6.98. The minimum atomic E-state index is -2.75. The van der Waals surface area contributed by atoms with Crippen LogP contribution in [0.3, 0.4) is 0 Å². The van der Waals surface area contributed by atoms with Gasteiger partial charge in [-0.3, -0.25) is 4.79 Å². The number of para-hydroxylation sites is 1. The second kappa shape index (κ2) is 22.5. The first-order valence-electron chi connectivity index (χ1n) is 17.5. The Morgan fingerprint density at radius 3 is 1.78 bits per heavy atom. The van der Waals surface area contributed by atoms with Gasteiger partial charge in [-0.05, 0) is 56.0 Å². The molecule has 2 aromatic carbocycles. The summed E-state index contributed by atoms with van der Waals surface area (Å²) in [5.74, 6) is -9.07. The molecule has 0 saturated heterocycles. The number of rotatable bonds is 22. The Labute approximate surface area is 333 Å². The Kier molecular flexibility index (Phi) is 17.6. The van der Waals surface area contributed by atoms with Crippen molar-refractivity contribution in [1.82, 2.24) is 0 Å². The van der Waals surface area contributed by atoms with E-state index in [-0.39, 0.29) is 66.8 Å². The third kappa shape index (κ3) is 12.0. The SMILES string of the molecule is C=CC(=O)OCCCCOC(=O)Oc1ccc(C(=O)OC2(OC(=O)OCCCCOC(=O)C=C)C(OC)=CC(C(=O)O)C(c3ccccc3OC)=C2OC)cc1OC. The predicted octanol–water partition coefficient (Wildman–Crippen LogP) is 5.55. The summed E-state index contributed by atoms with van der Waals surface area (Å²) in [5, 5.41) is 10.4. The number of methoxy groups -OCH3 is 4. The minimum absolute atomic E-state index is 0.0157. The maximum absolute atomic E-state index is 14.1. The number of ether oxygens (including phenoxy) is 11. The fraction of sp³-hybridized carbons (Fsp3) is 0.350. The van der Waals surface area contributed by atoms with Crippen molar-refractivity contribution in [3.8, 4) is 17.2 Å². The van der Waals surface area contributed by atoms with Crippen molar-refractivity contribution in [1.29, 1.82) is 0 Å². The van der Waals surface area contributed by atoms with Gasteiger partial charge in [-0.25, -0.2) is 24.0 Å². The van der Waals surface area contributed by atoms with Gasteiger partial charge in [-0.15, -0.1) is 0 Å². The van der Waals surface area contributed by atoms with Crippen LogP contribution in [0.1, 0.15) is 41.6 Å². The Morgan fingerprint density at radius 1 is 0.672 bits per heavy atom. The number of carboxylic acid groups (broad SMARTS) is 1. The minimum Gasteiger partial charge on any atom is -0.496 e. The van der Waals surface area contributed by atoms with Crippen LogP contribution in [-0.4, -0.2) is 102 Å². The summed E-state index contributed by atoms with van der Waals surface area (Å²) >= 11 is 0. The van der Waals surface area contributed by atoms with Crippen molar-refractivity contribution in [3.05, 3.63) is 96.5 Å². The molecule has 1 aliphatic carbocycles. The zero-order valence-electron chi connectivity index (χ0n) is 32.3. The molecule has 0 spiro atoms. The van der Waals surface area contributed by atoms with Crippen LogP contribution in [0.25, 0.3) is 5.57 Å². The maximum atomic E-state index is 14.1. The molecule has 312 valence electrons. The van der Waals surface area contributed by atoms with E-state index in [1.54, 1.807) is 18.2 Å². The summed E-state index contributed by atoms with van der Waals surface area (Å²) in [4.78, 5) is 75.1. The molecule has 0 saturated carbocycles. The number of unbranched alkanes of at least 4 members (excludes halogenated alkanes) is 2. The van der Waals surface area contributed by atoms with Crippen molar-refractivity contribution < 1.29 is 86.0 Å². The number of carbonyl (C=O) groups is 6. The first kappa shape index (κ1) is 45.4. The largest absolute Gasteiger partial charge is 0.513 e. The molecule has 2 aromatic rings. The van der Waals surface area contributed by atoms with Gasteiger partial charge in [0.25, 0.3) is 0 Å². The van der Waals surface area contributed by atoms with Gasteiger partial charge in [-0.1, -0.05) is 31.4 Å². The van der Waals surface area contributed by atoms with E-state index in [1.165, 1.54) is 32.4 Å². The molecule has 18 nitrogen and oxygen atoms in total. The van der Waals surface area contributed by atoms with Crippen LogP contribution in [0, 0.1) is 5.92 Å². The smallest absolute Gasteiger partial charge is 0.496 e. The lowest BCUT2D eigenvalue weighted by atomic mass is 9.83. The van der Waals surface area contributed by atoms with Crippen molar-refractivity contribution in [2.45, 2.75) is 31.5 Å². The van der Waals surface area contributed by atoms with E-state index in [4.69, 9.17) is 52.1 Å². The topological polar surface area (TPSA) is 224 Å². The number of esters is 3. The van der Waals surface area contributed by atoms with Crippen molar-refractivity contribution >= 4 is 41.8 Å². The number of aliphatic carboxylic acids is 1. The van der Waals surface area contributed by atoms with Crippen LogP contribution in [0.15, 0.2) is 85.4 Å². The molecule has 1 aliphatic rings. The average molecular weight is 813 g/mol. The number of carbonyl (C=O) groups excluding carboxylic acids is 5. The van der Waals surface area contributed by atoms with Gasteiger partial charge in [0.2, 0.25) is 0 Å². The normalized spacial score (nSPS) is 15.7. The highest BCUT2D eigenvalue weighted by Gasteiger charge is 2.57. The van der Waals surface area contributed by atoms with Gasteiger partial charge in [0.05, 0.1) is 60.4 Å². The molecule has 1 N–H and O–H groups in total. The monoisotopic (exact) mass is 812 g/mol. The van der Waals surface area contributed by atoms with Gasteiger partial charge in [0.15, 0.2) is 23.0 Å². The number of hydrogen-bond donors (Lipinski definition) is 1. The van der Waals surface area contributed by atoms with Crippen LogP contribution in [0.4, 0.5) is 9.59 Å². The van der Waals surface area contributed by atoms with E-state index in [0.29, 0.717) is 19.3 Å². The predicted molar refractivity (Wildman–Crippen MR) is 199 cm³/mol. The van der Waals surface area contributed by atoms with E-state index in [0.717, 1.165) is 38.5 Å². The Bertz CT molecular complexity index is 1900. The average Bonchev–Trinajstić information content (AvgIpc) is 3.22. The lowest BCUT2D eigenvalue weighted by Crippen LogP contribution is -2.48. The van der Waals surface area contributed by atoms with Crippen molar-refractivity contribution in [2.75, 3.05) is 54.9 Å². The van der Waals surface area contributed by atoms with Crippen molar-refractivity contribution in [2.24, 2.45) is 5.92 Å². The second-order valence-electron chi connectivity index (χ2n) is 11.6. The summed E-state index contributed by atoms with van der Waals surface area (Å²) in [6, 6.07) is 9.86. The van der Waals surface area contributed by atoms with E-state index >= 15 is 0 Å². The lowest BCUT2D eigenvalue weighted by molar-refractivity contribution is -0.173. The zero-order valence-corrected chi connectivity index (χ0v) is 32.3. The lowest BCUT2D eigenvalue weighted by Gasteiger charge is -2.38. The summed E-state index contributed by atoms with van der Waals surface area (Å²) in [6.07, 6.45) is 1.89. The molecule has 0 aromatic heterocycles. The third-order valence-electron chi connectivity index (χ3n) is 7.98. The maximum Gasteiger partial charge on any atom is 0.513 e. The zero-order chi connectivity index (χ0) is 42.7. The van der Waals surface area contributed by atoms with Gasteiger partial charge in [0.1, 0.15) is 11.7 Å². The van der Waals surface area contributed by atoms with Crippen LogP contribution >= 0.6 is 0 Å². The molecule has 58 heavy (non-hydrogen) atoms. The quantitative estimate of drug-likeness (QED) is 0.0384. The molecule has 0 radical (unpaired) electrons. The molecule has 0 bridgehead atoms. The molecule has 18 heteroatoms. The second-order valence-corrected chi connectivity index (χ2v) is 11.6. The van der Waals surface area contributed by atoms with Gasteiger partial charge in [0, 0.05) is 23.3 Å². The Morgan fingerprint density at radius 2 is 1.24 bits per heavy atom. The van der Waals surface area contributed by atoms with E-state index in [1.807, 2.05) is 0 Å². The molecule has 0 heterocycles. The van der Waals surface area contributed by atoms with Gasteiger partial charge >= 0.3 is 42.0 Å². The molecule has 0 aliphatic heterocycles. The highest BCUT2D eigenvalue weighted by atomic mass is 16.8. The molecule has 3 rings (SSSR count). The standard InChI is InChI=1S/C40H44O18/c1-7-32(41)52-19-11-13-21-54-38(46)56-29-18-17-25(23-30(29)49-4)37(45)57-40(58-39(47)55-22-14-12-20-53-33(42)8-2)31(50-5)24-27(36(43)44)34(35(40)51-6)26-15-9-10-16-28(26)48-3/h7-10,15-18,23-24,27H,1-2,11-14,19-22H2,3-6H3,(H,43,44). The number of benzene rings is 2. The van der Waals surface area contributed by atoms with E-state index in [2.05, 4.69) is 13.2 Å². The van der Waals surface area contributed by atoms with E-state index < -0.39 is 59.4 Å². The first-order chi connectivity index (χ1) is 27.9. The summed E-state index contributed by atoms with van der Waals surface area (Å²) in [5.41, 5.74) is -0.184. The van der Waals surface area contributed by atoms with Crippen LogP contribution in [0.5, 0.6) is 17.2 Å². The highest BCUT2D eigenvalue weighted by molar-refractivity contribution is 5.95. The van der Waals surface area contributed by atoms with Crippen LogP contribution in [0.2, 0.25) is 0 Å². The molecular formula is C40H44O18. The highest BCUT2D eigenvalue weighted by Crippen LogP contribution is 2.48. The molecular weight excluding hydrogens is 768 g/mol. The van der Waals surface area contributed by atoms with Crippen LogP contribution < -0.4 is 14.2 Å². The summed E-state index contributed by atoms with van der Waals surface area (Å²) < 4.78 is 59.2. The van der Waals surface area contributed by atoms with Crippen molar-refractivity contribution in [3.63, 3.8) is 0 Å².